The summed E-state index contributed by atoms with van der Waals surface area (Å²) in [7, 11) is 0. The lowest BCUT2D eigenvalue weighted by Gasteiger charge is -2.10. The van der Waals surface area contributed by atoms with Crippen molar-refractivity contribution in [3.05, 3.63) is 23.8 Å². The monoisotopic (exact) mass is 310 g/mol. The number of carboxylic acids is 1. The molecule has 0 amide bonds. The normalized spacial score (nSPS) is 12.8. The topological polar surface area (TPSA) is 65.0 Å². The van der Waals surface area contributed by atoms with Crippen LogP contribution in [0.3, 0.4) is 0 Å². The van der Waals surface area contributed by atoms with Crippen LogP contribution in [0.1, 0.15) is 18.9 Å². The summed E-state index contributed by atoms with van der Waals surface area (Å²) in [6.45, 7) is 2.88. The molecule has 0 aromatic heterocycles. The standard InChI is InChI=1S/C15H18O5S/c1-2-21-7-3-6-18-12-9-14-13(19-10-20-14)8-11(12)4-5-15(16)17/h4-5,8-9H,2-3,6-7,10H2,1H3,(H,16,17)/b5-4+. The molecule has 1 aromatic rings. The number of aliphatic carboxylic acids is 1. The second-order valence-corrected chi connectivity index (χ2v) is 5.71. The Morgan fingerprint density at radius 1 is 1.43 bits per heavy atom. The highest BCUT2D eigenvalue weighted by Gasteiger charge is 2.17. The van der Waals surface area contributed by atoms with Crippen molar-refractivity contribution < 1.29 is 24.1 Å². The van der Waals surface area contributed by atoms with Crippen LogP contribution in [-0.2, 0) is 4.79 Å². The van der Waals surface area contributed by atoms with Gasteiger partial charge in [-0.3, -0.25) is 0 Å². The Morgan fingerprint density at radius 3 is 2.90 bits per heavy atom. The van der Waals surface area contributed by atoms with Gasteiger partial charge in [0.2, 0.25) is 6.79 Å². The molecule has 1 heterocycles. The molecule has 21 heavy (non-hydrogen) atoms. The van der Waals surface area contributed by atoms with E-state index in [9.17, 15) is 4.79 Å². The van der Waals surface area contributed by atoms with Gasteiger partial charge in [-0.25, -0.2) is 4.79 Å². The fraction of sp³-hybridized carbons (Fsp3) is 0.400. The minimum Gasteiger partial charge on any atom is -0.493 e. The second-order valence-electron chi connectivity index (χ2n) is 4.31. The van der Waals surface area contributed by atoms with Gasteiger partial charge >= 0.3 is 5.97 Å². The summed E-state index contributed by atoms with van der Waals surface area (Å²) in [5.41, 5.74) is 0.671. The van der Waals surface area contributed by atoms with E-state index in [0.717, 1.165) is 24.0 Å². The van der Waals surface area contributed by atoms with Crippen LogP contribution in [0.15, 0.2) is 18.2 Å². The summed E-state index contributed by atoms with van der Waals surface area (Å²) in [4.78, 5) is 10.7. The zero-order chi connectivity index (χ0) is 15.1. The van der Waals surface area contributed by atoms with Crippen molar-refractivity contribution in [1.82, 2.24) is 0 Å². The van der Waals surface area contributed by atoms with Gasteiger partial charge < -0.3 is 19.3 Å². The van der Waals surface area contributed by atoms with E-state index in [2.05, 4.69) is 6.92 Å². The molecule has 0 saturated carbocycles. The first-order valence-corrected chi connectivity index (χ1v) is 7.91. The number of ether oxygens (including phenoxy) is 3. The number of rotatable bonds is 8. The zero-order valence-corrected chi connectivity index (χ0v) is 12.6. The van der Waals surface area contributed by atoms with Gasteiger partial charge in [-0.2, -0.15) is 11.8 Å². The minimum atomic E-state index is -1.00. The molecule has 1 aromatic carbocycles. The first-order chi connectivity index (χ1) is 10.2. The number of fused-ring (bicyclic) bond motifs is 1. The van der Waals surface area contributed by atoms with E-state index in [0.29, 0.717) is 29.4 Å². The van der Waals surface area contributed by atoms with Gasteiger partial charge in [0.1, 0.15) is 5.75 Å². The molecule has 0 bridgehead atoms. The third-order valence-electron chi connectivity index (χ3n) is 2.81. The maximum absolute atomic E-state index is 10.7. The van der Waals surface area contributed by atoms with E-state index in [1.807, 2.05) is 11.8 Å². The Bertz CT molecular complexity index is 527. The van der Waals surface area contributed by atoms with Crippen LogP contribution < -0.4 is 14.2 Å². The third kappa shape index (κ3) is 4.60. The van der Waals surface area contributed by atoms with Gasteiger partial charge in [-0.1, -0.05) is 6.92 Å². The van der Waals surface area contributed by atoms with Crippen molar-refractivity contribution in [3.8, 4) is 17.2 Å². The summed E-state index contributed by atoms with van der Waals surface area (Å²) in [6.07, 6.45) is 3.52. The lowest BCUT2D eigenvalue weighted by atomic mass is 10.1. The van der Waals surface area contributed by atoms with Crippen LogP contribution in [0.4, 0.5) is 0 Å². The lowest BCUT2D eigenvalue weighted by molar-refractivity contribution is -0.131. The van der Waals surface area contributed by atoms with E-state index in [-0.39, 0.29) is 6.79 Å². The van der Waals surface area contributed by atoms with E-state index in [4.69, 9.17) is 19.3 Å². The van der Waals surface area contributed by atoms with Crippen molar-refractivity contribution in [2.45, 2.75) is 13.3 Å². The van der Waals surface area contributed by atoms with Gasteiger partial charge in [-0.15, -0.1) is 0 Å². The molecule has 1 aliphatic heterocycles. The fourth-order valence-corrected chi connectivity index (χ4v) is 2.45. The predicted octanol–water partition coefficient (Wildman–Crippen LogP) is 3.04. The Labute approximate surface area is 127 Å². The molecule has 0 aliphatic carbocycles. The molecular formula is C15H18O5S. The SMILES string of the molecule is CCSCCCOc1cc2c(cc1/C=C/C(=O)O)OCO2. The number of carbonyl (C=O) groups is 1. The maximum Gasteiger partial charge on any atom is 0.328 e. The molecule has 2 rings (SSSR count). The Balaban J connectivity index is 2.07. The molecule has 1 aliphatic rings. The molecule has 0 atom stereocenters. The van der Waals surface area contributed by atoms with E-state index in [1.165, 1.54) is 6.08 Å². The largest absolute Gasteiger partial charge is 0.493 e. The van der Waals surface area contributed by atoms with Crippen molar-refractivity contribution in [2.24, 2.45) is 0 Å². The molecule has 114 valence electrons. The smallest absolute Gasteiger partial charge is 0.328 e. The average molecular weight is 310 g/mol. The lowest BCUT2D eigenvalue weighted by Crippen LogP contribution is -2.00. The Morgan fingerprint density at radius 2 is 2.19 bits per heavy atom. The molecule has 5 nitrogen and oxygen atoms in total. The van der Waals surface area contributed by atoms with Gasteiger partial charge in [0.15, 0.2) is 11.5 Å². The first kappa shape index (κ1) is 15.6. The van der Waals surface area contributed by atoms with Gasteiger partial charge in [0.05, 0.1) is 6.61 Å². The van der Waals surface area contributed by atoms with Gasteiger partial charge in [0.25, 0.3) is 0 Å². The van der Waals surface area contributed by atoms with Crippen LogP contribution in [0.25, 0.3) is 6.08 Å². The van der Waals surface area contributed by atoms with E-state index in [1.54, 1.807) is 12.1 Å². The molecule has 1 N–H and O–H groups in total. The zero-order valence-electron chi connectivity index (χ0n) is 11.8. The summed E-state index contributed by atoms with van der Waals surface area (Å²) in [5.74, 6) is 2.98. The van der Waals surface area contributed by atoms with Crippen molar-refractivity contribution in [3.63, 3.8) is 0 Å². The van der Waals surface area contributed by atoms with Crippen LogP contribution in [0, 0.1) is 0 Å². The van der Waals surface area contributed by atoms with Gasteiger partial charge in [-0.05, 0) is 30.1 Å². The quantitative estimate of drug-likeness (QED) is 0.588. The van der Waals surface area contributed by atoms with Crippen molar-refractivity contribution in [1.29, 1.82) is 0 Å². The molecule has 0 unspecified atom stereocenters. The highest BCUT2D eigenvalue weighted by Crippen LogP contribution is 2.38. The van der Waals surface area contributed by atoms with E-state index >= 15 is 0 Å². The van der Waals surface area contributed by atoms with Crippen molar-refractivity contribution >= 4 is 23.8 Å². The molecule has 6 heteroatoms. The predicted molar refractivity (Wildman–Crippen MR) is 82.3 cm³/mol. The summed E-state index contributed by atoms with van der Waals surface area (Å²) in [5, 5.41) is 8.75. The van der Waals surface area contributed by atoms with E-state index < -0.39 is 5.97 Å². The number of hydrogen-bond acceptors (Lipinski definition) is 5. The van der Waals surface area contributed by atoms with Crippen LogP contribution in [0.5, 0.6) is 17.2 Å². The average Bonchev–Trinajstić information content (AvgIpc) is 2.91. The maximum atomic E-state index is 10.7. The van der Waals surface area contributed by atoms with Crippen LogP contribution in [-0.4, -0.2) is 36.0 Å². The van der Waals surface area contributed by atoms with Gasteiger partial charge in [0, 0.05) is 17.7 Å². The molecule has 0 saturated heterocycles. The third-order valence-corrected chi connectivity index (χ3v) is 3.79. The molecule has 0 radical (unpaired) electrons. The fourth-order valence-electron chi connectivity index (χ4n) is 1.84. The Hall–Kier alpha value is -1.82. The van der Waals surface area contributed by atoms with Crippen LogP contribution in [0.2, 0.25) is 0 Å². The van der Waals surface area contributed by atoms with Crippen molar-refractivity contribution in [2.75, 3.05) is 24.9 Å². The Kier molecular flexibility index (Phi) is 5.80. The number of thioether (sulfide) groups is 1. The highest BCUT2D eigenvalue weighted by atomic mass is 32.2. The summed E-state index contributed by atoms with van der Waals surface area (Å²) in [6, 6.07) is 3.48. The molecular weight excluding hydrogens is 292 g/mol. The molecule has 0 fully saturated rings. The molecule has 0 spiro atoms. The number of carboxylic acid groups (broad SMARTS) is 1. The first-order valence-electron chi connectivity index (χ1n) is 6.76. The number of hydrogen-bond donors (Lipinski definition) is 1. The summed E-state index contributed by atoms with van der Waals surface area (Å²) >= 11 is 1.87. The second kappa shape index (κ2) is 7.83. The highest BCUT2D eigenvalue weighted by molar-refractivity contribution is 7.99. The van der Waals surface area contributed by atoms with Crippen LogP contribution >= 0.6 is 11.8 Å². The summed E-state index contributed by atoms with van der Waals surface area (Å²) < 4.78 is 16.4. The number of benzene rings is 1. The minimum absolute atomic E-state index is 0.175.